The van der Waals surface area contributed by atoms with Crippen molar-refractivity contribution in [3.8, 4) is 0 Å². The molecule has 1 rings (SSSR count). The van der Waals surface area contributed by atoms with E-state index in [1.807, 2.05) is 30.3 Å². The number of carbonyl (C=O) groups excluding carboxylic acids is 1. The van der Waals surface area contributed by atoms with E-state index in [0.29, 0.717) is 0 Å². The van der Waals surface area contributed by atoms with Crippen molar-refractivity contribution in [1.29, 1.82) is 0 Å². The highest BCUT2D eigenvalue weighted by Crippen LogP contribution is 2.16. The van der Waals surface area contributed by atoms with Crippen molar-refractivity contribution < 1.29 is 14.6 Å². The fraction of sp³-hybridized carbons (Fsp3) is 0.417. The molecule has 0 fully saturated rings. The average Bonchev–Trinajstić information content (AvgIpc) is 2.28. The molecule has 2 unspecified atom stereocenters. The largest absolute Gasteiger partial charge is 0.386 e. The molecule has 0 radical (unpaired) electrons. The van der Waals surface area contributed by atoms with E-state index < -0.39 is 12.1 Å². The van der Waals surface area contributed by atoms with Gasteiger partial charge in [0.1, 0.15) is 6.10 Å². The fourth-order valence-electron chi connectivity index (χ4n) is 1.53. The van der Waals surface area contributed by atoms with Crippen LogP contribution in [-0.4, -0.2) is 30.8 Å². The molecule has 16 heavy (non-hydrogen) atoms. The maximum atomic E-state index is 11.0. The lowest BCUT2D eigenvalue weighted by atomic mass is 10.0. The Labute approximate surface area is 95.2 Å². The highest BCUT2D eigenvalue weighted by molar-refractivity contribution is 5.73. The zero-order chi connectivity index (χ0) is 12.0. The van der Waals surface area contributed by atoms with Gasteiger partial charge in [-0.15, -0.1) is 0 Å². The summed E-state index contributed by atoms with van der Waals surface area (Å²) in [5, 5.41) is 12.7. The first-order valence-corrected chi connectivity index (χ1v) is 5.14. The predicted octanol–water partition coefficient (Wildman–Crippen LogP) is 0.871. The number of aliphatic hydroxyl groups is 1. The lowest BCUT2D eigenvalue weighted by Gasteiger charge is -2.23. The Morgan fingerprint density at radius 1 is 1.44 bits per heavy atom. The number of benzene rings is 1. The Kier molecular flexibility index (Phi) is 4.95. The molecular formula is C12H17NO3. The van der Waals surface area contributed by atoms with Crippen LogP contribution in [0.4, 0.5) is 0 Å². The molecule has 0 aliphatic carbocycles. The van der Waals surface area contributed by atoms with E-state index in [9.17, 15) is 9.90 Å². The molecule has 4 heteroatoms. The first-order chi connectivity index (χ1) is 7.65. The van der Waals surface area contributed by atoms with Crippen LogP contribution in [0.1, 0.15) is 18.6 Å². The van der Waals surface area contributed by atoms with Gasteiger partial charge in [-0.25, -0.2) is 0 Å². The van der Waals surface area contributed by atoms with Gasteiger partial charge in [0.15, 0.2) is 0 Å². The standard InChI is InChI=1S/C12H17NO3/c1-9(14)13-11(8-16-2)12(15)10-6-4-3-5-7-10/h3-7,11-12,15H,8H2,1-2H3,(H,13,14). The maximum Gasteiger partial charge on any atom is 0.217 e. The van der Waals surface area contributed by atoms with Crippen LogP contribution in [-0.2, 0) is 9.53 Å². The number of hydrogen-bond donors (Lipinski definition) is 2. The molecule has 1 amide bonds. The predicted molar refractivity (Wildman–Crippen MR) is 60.9 cm³/mol. The Hall–Kier alpha value is -1.39. The molecule has 0 spiro atoms. The van der Waals surface area contributed by atoms with Crippen molar-refractivity contribution >= 4 is 5.91 Å². The summed E-state index contributed by atoms with van der Waals surface area (Å²) >= 11 is 0. The third kappa shape index (κ3) is 3.64. The fourth-order valence-corrected chi connectivity index (χ4v) is 1.53. The van der Waals surface area contributed by atoms with Gasteiger partial charge >= 0.3 is 0 Å². The molecule has 0 bridgehead atoms. The van der Waals surface area contributed by atoms with Crippen molar-refractivity contribution in [1.82, 2.24) is 5.32 Å². The molecule has 0 saturated heterocycles. The van der Waals surface area contributed by atoms with E-state index in [1.54, 1.807) is 0 Å². The zero-order valence-electron chi connectivity index (χ0n) is 9.51. The van der Waals surface area contributed by atoms with Gasteiger partial charge < -0.3 is 15.2 Å². The van der Waals surface area contributed by atoms with Crippen LogP contribution < -0.4 is 5.32 Å². The van der Waals surface area contributed by atoms with E-state index in [2.05, 4.69) is 5.32 Å². The average molecular weight is 223 g/mol. The van der Waals surface area contributed by atoms with Gasteiger partial charge in [0.2, 0.25) is 5.91 Å². The van der Waals surface area contributed by atoms with Crippen LogP contribution >= 0.6 is 0 Å². The van der Waals surface area contributed by atoms with E-state index in [1.165, 1.54) is 14.0 Å². The lowest BCUT2D eigenvalue weighted by molar-refractivity contribution is -0.121. The second kappa shape index (κ2) is 6.25. The molecule has 0 saturated carbocycles. The molecule has 1 aromatic carbocycles. The molecule has 0 aliphatic rings. The van der Waals surface area contributed by atoms with Crippen molar-refractivity contribution in [3.63, 3.8) is 0 Å². The number of hydrogen-bond acceptors (Lipinski definition) is 3. The summed E-state index contributed by atoms with van der Waals surface area (Å²) in [6.45, 7) is 1.69. The number of aliphatic hydroxyl groups excluding tert-OH is 1. The molecule has 2 N–H and O–H groups in total. The molecule has 2 atom stereocenters. The number of nitrogens with one attached hydrogen (secondary N) is 1. The second-order valence-corrected chi connectivity index (χ2v) is 3.62. The monoisotopic (exact) mass is 223 g/mol. The SMILES string of the molecule is COCC(NC(C)=O)C(O)c1ccccc1. The minimum atomic E-state index is -0.759. The molecule has 88 valence electrons. The van der Waals surface area contributed by atoms with Gasteiger partial charge in [-0.3, -0.25) is 4.79 Å². The first-order valence-electron chi connectivity index (χ1n) is 5.14. The van der Waals surface area contributed by atoms with Crippen LogP contribution in [0, 0.1) is 0 Å². The molecular weight excluding hydrogens is 206 g/mol. The Morgan fingerprint density at radius 2 is 2.06 bits per heavy atom. The summed E-state index contributed by atoms with van der Waals surface area (Å²) in [5.41, 5.74) is 0.762. The lowest BCUT2D eigenvalue weighted by Crippen LogP contribution is -2.41. The highest BCUT2D eigenvalue weighted by Gasteiger charge is 2.21. The van der Waals surface area contributed by atoms with E-state index >= 15 is 0 Å². The summed E-state index contributed by atoms with van der Waals surface area (Å²) in [5.74, 6) is -0.183. The zero-order valence-corrected chi connectivity index (χ0v) is 9.51. The third-order valence-electron chi connectivity index (χ3n) is 2.26. The minimum absolute atomic E-state index is 0.183. The van der Waals surface area contributed by atoms with Crippen molar-refractivity contribution in [2.24, 2.45) is 0 Å². The molecule has 0 aliphatic heterocycles. The molecule has 4 nitrogen and oxygen atoms in total. The number of amides is 1. The van der Waals surface area contributed by atoms with Gasteiger partial charge in [0, 0.05) is 14.0 Å². The Morgan fingerprint density at radius 3 is 2.56 bits per heavy atom. The topological polar surface area (TPSA) is 58.6 Å². The van der Waals surface area contributed by atoms with Gasteiger partial charge in [0.25, 0.3) is 0 Å². The molecule has 1 aromatic rings. The van der Waals surface area contributed by atoms with Crippen molar-refractivity contribution in [3.05, 3.63) is 35.9 Å². The number of carbonyl (C=O) groups is 1. The Bertz CT molecular complexity index is 326. The summed E-state index contributed by atoms with van der Waals surface area (Å²) in [6.07, 6.45) is -0.759. The maximum absolute atomic E-state index is 11.0. The van der Waals surface area contributed by atoms with E-state index in [0.717, 1.165) is 5.56 Å². The quantitative estimate of drug-likeness (QED) is 0.778. The van der Waals surface area contributed by atoms with Crippen LogP contribution in [0.15, 0.2) is 30.3 Å². The highest BCUT2D eigenvalue weighted by atomic mass is 16.5. The van der Waals surface area contributed by atoms with Gasteiger partial charge in [-0.1, -0.05) is 30.3 Å². The summed E-state index contributed by atoms with van der Waals surface area (Å²) in [6, 6.07) is 8.77. The second-order valence-electron chi connectivity index (χ2n) is 3.62. The van der Waals surface area contributed by atoms with E-state index in [4.69, 9.17) is 4.74 Å². The van der Waals surface area contributed by atoms with Crippen LogP contribution in [0.5, 0.6) is 0 Å². The smallest absolute Gasteiger partial charge is 0.217 e. The third-order valence-corrected chi connectivity index (χ3v) is 2.26. The normalized spacial score (nSPS) is 14.2. The van der Waals surface area contributed by atoms with Crippen LogP contribution in [0.3, 0.4) is 0 Å². The molecule has 0 aromatic heterocycles. The van der Waals surface area contributed by atoms with Crippen molar-refractivity contribution in [2.75, 3.05) is 13.7 Å². The Balaban J connectivity index is 2.74. The van der Waals surface area contributed by atoms with Gasteiger partial charge in [-0.05, 0) is 5.56 Å². The summed E-state index contributed by atoms with van der Waals surface area (Å²) in [4.78, 5) is 11.0. The summed E-state index contributed by atoms with van der Waals surface area (Å²) in [7, 11) is 1.53. The minimum Gasteiger partial charge on any atom is -0.386 e. The van der Waals surface area contributed by atoms with Crippen LogP contribution in [0.25, 0.3) is 0 Å². The van der Waals surface area contributed by atoms with Crippen molar-refractivity contribution in [2.45, 2.75) is 19.1 Å². The molecule has 0 heterocycles. The first kappa shape index (κ1) is 12.7. The van der Waals surface area contributed by atoms with E-state index in [-0.39, 0.29) is 12.5 Å². The summed E-state index contributed by atoms with van der Waals surface area (Å²) < 4.78 is 4.97. The van der Waals surface area contributed by atoms with Gasteiger partial charge in [-0.2, -0.15) is 0 Å². The number of methoxy groups -OCH3 is 1. The van der Waals surface area contributed by atoms with Crippen LogP contribution in [0.2, 0.25) is 0 Å². The number of ether oxygens (including phenoxy) is 1. The van der Waals surface area contributed by atoms with Gasteiger partial charge in [0.05, 0.1) is 12.6 Å². The number of rotatable bonds is 5.